The first-order valence-corrected chi connectivity index (χ1v) is 12.2. The lowest BCUT2D eigenvalue weighted by Gasteiger charge is -2.19. The van der Waals surface area contributed by atoms with E-state index in [1.807, 2.05) is 54.6 Å². The fourth-order valence-corrected chi connectivity index (χ4v) is 3.98. The number of anilines is 1. The van der Waals surface area contributed by atoms with E-state index in [1.54, 1.807) is 0 Å². The van der Waals surface area contributed by atoms with Crippen LogP contribution < -0.4 is 10.6 Å². The Hall–Kier alpha value is -3.51. The van der Waals surface area contributed by atoms with E-state index in [1.165, 1.54) is 11.1 Å². The number of aromatic nitrogens is 1. The van der Waals surface area contributed by atoms with Gasteiger partial charge >= 0.3 is 0 Å². The van der Waals surface area contributed by atoms with Crippen molar-refractivity contribution in [3.05, 3.63) is 94.9 Å². The summed E-state index contributed by atoms with van der Waals surface area (Å²) in [5, 5.41) is 6.06. The van der Waals surface area contributed by atoms with E-state index in [2.05, 4.69) is 62.4 Å². The molecular formula is C29H31N3O2S. The van der Waals surface area contributed by atoms with Gasteiger partial charge in [-0.3, -0.25) is 10.1 Å². The number of oxazole rings is 1. The Morgan fingerprint density at radius 3 is 2.31 bits per heavy atom. The van der Waals surface area contributed by atoms with Crippen LogP contribution in [0.5, 0.6) is 0 Å². The van der Waals surface area contributed by atoms with E-state index in [-0.39, 0.29) is 16.4 Å². The SMILES string of the molecule is CC(C)c1ccc2oc(Cc3ccc(NC(=S)NC(=O)c4ccc(C(C)(C)C)cc4)cc3)nc2c1. The third-order valence-corrected chi connectivity index (χ3v) is 6.13. The highest BCUT2D eigenvalue weighted by atomic mass is 32.1. The number of benzene rings is 3. The number of hydrogen-bond donors (Lipinski definition) is 2. The van der Waals surface area contributed by atoms with Crippen molar-refractivity contribution >= 4 is 40.0 Å². The maximum absolute atomic E-state index is 12.5. The lowest BCUT2D eigenvalue weighted by molar-refractivity contribution is 0.0977. The van der Waals surface area contributed by atoms with Gasteiger partial charge in [-0.2, -0.15) is 0 Å². The summed E-state index contributed by atoms with van der Waals surface area (Å²) in [6.07, 6.45) is 0.595. The first-order chi connectivity index (χ1) is 16.6. The monoisotopic (exact) mass is 485 g/mol. The largest absolute Gasteiger partial charge is 0.440 e. The molecule has 0 aliphatic rings. The summed E-state index contributed by atoms with van der Waals surface area (Å²) in [6, 6.07) is 21.6. The number of fused-ring (bicyclic) bond motifs is 1. The molecule has 0 atom stereocenters. The van der Waals surface area contributed by atoms with Crippen LogP contribution in [0, 0.1) is 0 Å². The third-order valence-electron chi connectivity index (χ3n) is 5.93. The number of rotatable bonds is 5. The molecule has 5 nitrogen and oxygen atoms in total. The predicted molar refractivity (Wildman–Crippen MR) is 146 cm³/mol. The standard InChI is InChI=1S/C29H31N3O2S/c1-18(2)21-10-15-25-24(17-21)31-26(34-25)16-19-6-13-23(14-7-19)30-28(35)32-27(33)20-8-11-22(12-9-20)29(3,4)5/h6-15,17-18H,16H2,1-5H3,(H2,30,32,33,35). The van der Waals surface area contributed by atoms with Gasteiger partial charge in [-0.1, -0.05) is 65.0 Å². The van der Waals surface area contributed by atoms with Gasteiger partial charge in [-0.15, -0.1) is 0 Å². The normalized spacial score (nSPS) is 11.6. The Labute approximate surface area is 212 Å². The summed E-state index contributed by atoms with van der Waals surface area (Å²) >= 11 is 5.33. The van der Waals surface area contributed by atoms with Crippen LogP contribution in [-0.2, 0) is 11.8 Å². The molecule has 2 N–H and O–H groups in total. The molecular weight excluding hydrogens is 454 g/mol. The van der Waals surface area contributed by atoms with Crippen LogP contribution in [0.15, 0.2) is 71.1 Å². The van der Waals surface area contributed by atoms with Crippen molar-refractivity contribution in [1.82, 2.24) is 10.3 Å². The molecule has 0 saturated heterocycles. The molecule has 4 rings (SSSR count). The van der Waals surface area contributed by atoms with E-state index in [4.69, 9.17) is 16.6 Å². The highest BCUT2D eigenvalue weighted by molar-refractivity contribution is 7.80. The second-order valence-electron chi connectivity index (χ2n) is 10.1. The highest BCUT2D eigenvalue weighted by Crippen LogP contribution is 2.24. The number of carbonyl (C=O) groups is 1. The molecule has 0 aliphatic heterocycles. The fourth-order valence-electron chi connectivity index (χ4n) is 3.77. The van der Waals surface area contributed by atoms with Crippen LogP contribution in [-0.4, -0.2) is 16.0 Å². The first-order valence-electron chi connectivity index (χ1n) is 11.8. The first kappa shape index (κ1) is 24.6. The number of nitrogens with one attached hydrogen (secondary N) is 2. The average Bonchev–Trinajstić information content (AvgIpc) is 3.21. The Morgan fingerprint density at radius 2 is 1.69 bits per heavy atom. The molecule has 0 fully saturated rings. The molecule has 1 aromatic heterocycles. The van der Waals surface area contributed by atoms with Gasteiger partial charge in [0.05, 0.1) is 0 Å². The zero-order valence-electron chi connectivity index (χ0n) is 20.8. The molecule has 1 amide bonds. The van der Waals surface area contributed by atoms with Crippen LogP contribution in [0.1, 0.15) is 73.5 Å². The number of amides is 1. The molecule has 0 bridgehead atoms. The number of hydrogen-bond acceptors (Lipinski definition) is 4. The lowest BCUT2D eigenvalue weighted by atomic mass is 9.87. The van der Waals surface area contributed by atoms with Crippen molar-refractivity contribution in [2.45, 2.75) is 52.4 Å². The summed E-state index contributed by atoms with van der Waals surface area (Å²) in [5.74, 6) is 0.891. The molecule has 4 aromatic rings. The van der Waals surface area contributed by atoms with Crippen LogP contribution in [0.2, 0.25) is 0 Å². The maximum atomic E-state index is 12.5. The van der Waals surface area contributed by atoms with Gasteiger partial charge in [-0.05, 0) is 76.6 Å². The van der Waals surface area contributed by atoms with Crippen molar-refractivity contribution in [2.24, 2.45) is 0 Å². The summed E-state index contributed by atoms with van der Waals surface area (Å²) in [7, 11) is 0. The molecule has 35 heavy (non-hydrogen) atoms. The van der Waals surface area contributed by atoms with Crippen LogP contribution in [0.3, 0.4) is 0 Å². The Balaban J connectivity index is 1.34. The van der Waals surface area contributed by atoms with E-state index in [9.17, 15) is 4.79 Å². The number of thiocarbonyl (C=S) groups is 1. The molecule has 0 unspecified atom stereocenters. The van der Waals surface area contributed by atoms with Crippen LogP contribution in [0.4, 0.5) is 5.69 Å². The van der Waals surface area contributed by atoms with E-state index >= 15 is 0 Å². The van der Waals surface area contributed by atoms with Crippen LogP contribution >= 0.6 is 12.2 Å². The molecule has 0 radical (unpaired) electrons. The lowest BCUT2D eigenvalue weighted by Crippen LogP contribution is -2.34. The van der Waals surface area contributed by atoms with Gasteiger partial charge in [0.1, 0.15) is 5.52 Å². The summed E-state index contributed by atoms with van der Waals surface area (Å²) in [4.78, 5) is 17.2. The van der Waals surface area contributed by atoms with Gasteiger partial charge < -0.3 is 9.73 Å². The third kappa shape index (κ3) is 6.14. The van der Waals surface area contributed by atoms with Gasteiger partial charge in [0, 0.05) is 17.7 Å². The second kappa shape index (κ2) is 10.0. The quantitative estimate of drug-likeness (QED) is 0.299. The minimum absolute atomic E-state index is 0.0375. The van der Waals surface area contributed by atoms with E-state index in [0.717, 1.165) is 22.4 Å². The van der Waals surface area contributed by atoms with Crippen molar-refractivity contribution in [3.63, 3.8) is 0 Å². The highest BCUT2D eigenvalue weighted by Gasteiger charge is 2.15. The molecule has 0 spiro atoms. The van der Waals surface area contributed by atoms with Crippen molar-refractivity contribution in [3.8, 4) is 0 Å². The molecule has 0 saturated carbocycles. The minimum Gasteiger partial charge on any atom is -0.440 e. The Kier molecular flexibility index (Phi) is 7.03. The number of nitrogens with zero attached hydrogens (tertiary/aromatic N) is 1. The Morgan fingerprint density at radius 1 is 1.00 bits per heavy atom. The van der Waals surface area contributed by atoms with Crippen molar-refractivity contribution in [1.29, 1.82) is 0 Å². The van der Waals surface area contributed by atoms with Gasteiger partial charge in [0.2, 0.25) is 0 Å². The summed E-state index contributed by atoms with van der Waals surface area (Å²) in [6.45, 7) is 10.8. The van der Waals surface area contributed by atoms with E-state index in [0.29, 0.717) is 23.8 Å². The topological polar surface area (TPSA) is 67.2 Å². The van der Waals surface area contributed by atoms with Crippen molar-refractivity contribution in [2.75, 3.05) is 5.32 Å². The van der Waals surface area contributed by atoms with Gasteiger partial charge in [-0.25, -0.2) is 4.98 Å². The van der Waals surface area contributed by atoms with Crippen molar-refractivity contribution < 1.29 is 9.21 Å². The van der Waals surface area contributed by atoms with Gasteiger partial charge in [0.15, 0.2) is 16.6 Å². The smallest absolute Gasteiger partial charge is 0.257 e. The van der Waals surface area contributed by atoms with Crippen LogP contribution in [0.25, 0.3) is 11.1 Å². The van der Waals surface area contributed by atoms with Gasteiger partial charge in [0.25, 0.3) is 5.91 Å². The maximum Gasteiger partial charge on any atom is 0.257 e. The number of carbonyl (C=O) groups excluding carboxylic acids is 1. The Bertz CT molecular complexity index is 1350. The zero-order valence-corrected chi connectivity index (χ0v) is 21.6. The molecule has 1 heterocycles. The van der Waals surface area contributed by atoms with E-state index < -0.39 is 0 Å². The average molecular weight is 486 g/mol. The summed E-state index contributed by atoms with van der Waals surface area (Å²) in [5.41, 5.74) is 6.58. The minimum atomic E-state index is -0.240. The fraction of sp³-hybridized carbons (Fsp3) is 0.276. The summed E-state index contributed by atoms with van der Waals surface area (Å²) < 4.78 is 5.92. The molecule has 180 valence electrons. The molecule has 0 aliphatic carbocycles. The second-order valence-corrected chi connectivity index (χ2v) is 10.5. The zero-order chi connectivity index (χ0) is 25.2. The predicted octanol–water partition coefficient (Wildman–Crippen LogP) is 6.97. The molecule has 6 heteroatoms. The molecule has 3 aromatic carbocycles.